The fourth-order valence-corrected chi connectivity index (χ4v) is 2.54. The molecular weight excluding hydrogens is 180 g/mol. The first kappa shape index (κ1) is 8.25. The molecule has 1 aliphatic carbocycles. The van der Waals surface area contributed by atoms with E-state index >= 15 is 0 Å². The molecule has 2 spiro atoms. The molecule has 0 aromatic rings. The van der Waals surface area contributed by atoms with Crippen LogP contribution >= 0.6 is 0 Å². The van der Waals surface area contributed by atoms with E-state index in [1.807, 2.05) is 6.21 Å². The molecule has 74 valence electrons. The summed E-state index contributed by atoms with van der Waals surface area (Å²) in [7, 11) is 0. The smallest absolute Gasteiger partial charge is 0.173 e. The summed E-state index contributed by atoms with van der Waals surface area (Å²) < 4.78 is 5.44. The summed E-state index contributed by atoms with van der Waals surface area (Å²) in [6, 6.07) is 2.18. The van der Waals surface area contributed by atoms with Gasteiger partial charge in [-0.3, -0.25) is 0 Å². The lowest BCUT2D eigenvalue weighted by Gasteiger charge is -2.33. The summed E-state index contributed by atoms with van der Waals surface area (Å²) in [6.45, 7) is 0. The van der Waals surface area contributed by atoms with E-state index < -0.39 is 0 Å². The number of nitrogens with zero attached hydrogens (tertiary/aromatic N) is 2. The summed E-state index contributed by atoms with van der Waals surface area (Å²) in [4.78, 5) is 5.40. The molecule has 4 heteroatoms. The maximum absolute atomic E-state index is 8.75. The quantitative estimate of drug-likeness (QED) is 0.544. The molecule has 0 radical (unpaired) electrons. The molecule has 0 aromatic carbocycles. The molecule has 4 nitrogen and oxygen atoms in total. The molecule has 2 aliphatic heterocycles. The highest BCUT2D eigenvalue weighted by molar-refractivity contribution is 5.60. The number of hydrogen-bond donors (Lipinski definition) is 0. The van der Waals surface area contributed by atoms with Crippen molar-refractivity contribution in [2.75, 3.05) is 0 Å². The van der Waals surface area contributed by atoms with Crippen LogP contribution in [0.15, 0.2) is 5.16 Å². The first-order valence-corrected chi connectivity index (χ1v) is 5.06. The van der Waals surface area contributed by atoms with Crippen LogP contribution in [-0.4, -0.2) is 23.5 Å². The molecule has 0 bridgehead atoms. The van der Waals surface area contributed by atoms with Gasteiger partial charge in [-0.2, -0.15) is 5.26 Å². The predicted molar refractivity (Wildman–Crippen MR) is 48.6 cm³/mol. The van der Waals surface area contributed by atoms with Gasteiger partial charge in [0, 0.05) is 12.6 Å². The molecule has 14 heavy (non-hydrogen) atoms. The minimum absolute atomic E-state index is 0.0583. The molecule has 3 rings (SSSR count). The average molecular weight is 192 g/mol. The normalized spacial score (nSPS) is 49.2. The fraction of sp³-hybridized carbons (Fsp3) is 0.800. The third kappa shape index (κ3) is 0.992. The van der Waals surface area contributed by atoms with Crippen molar-refractivity contribution in [3.05, 3.63) is 0 Å². The van der Waals surface area contributed by atoms with E-state index in [0.29, 0.717) is 0 Å². The van der Waals surface area contributed by atoms with E-state index in [0.717, 1.165) is 32.1 Å². The summed E-state index contributed by atoms with van der Waals surface area (Å²) in [5.74, 6) is 0. The Labute approximate surface area is 82.5 Å². The van der Waals surface area contributed by atoms with Crippen LogP contribution in [0.2, 0.25) is 0 Å². The lowest BCUT2D eigenvalue weighted by molar-refractivity contribution is -0.0580. The Morgan fingerprint density at radius 2 is 2.14 bits per heavy atom. The molecular formula is C10H12N2O2. The van der Waals surface area contributed by atoms with Crippen molar-refractivity contribution in [1.29, 1.82) is 5.26 Å². The van der Waals surface area contributed by atoms with Crippen molar-refractivity contribution in [2.24, 2.45) is 5.16 Å². The minimum atomic E-state index is -0.165. The Morgan fingerprint density at radius 3 is 2.64 bits per heavy atom. The van der Waals surface area contributed by atoms with Gasteiger partial charge in [-0.15, -0.1) is 0 Å². The number of oxime groups is 1. The second-order valence-corrected chi connectivity index (χ2v) is 4.46. The Kier molecular flexibility index (Phi) is 1.46. The highest BCUT2D eigenvalue weighted by Gasteiger charge is 2.61. The van der Waals surface area contributed by atoms with Crippen molar-refractivity contribution in [3.63, 3.8) is 0 Å². The zero-order valence-electron chi connectivity index (χ0n) is 7.90. The number of hydrogen-bond acceptors (Lipinski definition) is 4. The summed E-state index contributed by atoms with van der Waals surface area (Å²) in [6.07, 6.45) is 6.40. The van der Waals surface area contributed by atoms with E-state index in [9.17, 15) is 0 Å². The van der Waals surface area contributed by atoms with Gasteiger partial charge in [-0.1, -0.05) is 5.16 Å². The maximum Gasteiger partial charge on any atom is 0.173 e. The number of ether oxygens (including phenoxy) is 1. The van der Waals surface area contributed by atoms with Gasteiger partial charge in [0.1, 0.15) is 11.2 Å². The van der Waals surface area contributed by atoms with Crippen molar-refractivity contribution in [1.82, 2.24) is 0 Å². The van der Waals surface area contributed by atoms with Crippen LogP contribution in [0, 0.1) is 11.3 Å². The molecule has 2 heterocycles. The van der Waals surface area contributed by atoms with Crippen LogP contribution in [-0.2, 0) is 9.57 Å². The molecule has 0 amide bonds. The van der Waals surface area contributed by atoms with Gasteiger partial charge in [0.05, 0.1) is 6.07 Å². The minimum Gasteiger partial charge on any atom is -0.389 e. The van der Waals surface area contributed by atoms with Crippen molar-refractivity contribution < 1.29 is 9.57 Å². The Balaban J connectivity index is 1.67. The zero-order chi connectivity index (χ0) is 9.65. The average Bonchev–Trinajstić information content (AvgIpc) is 2.72. The summed E-state index contributed by atoms with van der Waals surface area (Å²) in [5, 5.41) is 12.6. The Morgan fingerprint density at radius 1 is 1.36 bits per heavy atom. The van der Waals surface area contributed by atoms with E-state index in [2.05, 4.69) is 11.2 Å². The van der Waals surface area contributed by atoms with Gasteiger partial charge in [0.15, 0.2) is 6.10 Å². The SMILES string of the molecule is N#CC1OC12CCC1(CC=NO1)CC2. The van der Waals surface area contributed by atoms with E-state index in [1.54, 1.807) is 0 Å². The summed E-state index contributed by atoms with van der Waals surface area (Å²) in [5.41, 5.74) is -0.177. The topological polar surface area (TPSA) is 57.9 Å². The predicted octanol–water partition coefficient (Wildman–Crippen LogP) is 1.37. The Bertz CT molecular complexity index is 314. The fourth-order valence-electron chi connectivity index (χ4n) is 2.54. The standard InChI is InChI=1S/C10H12N2O2/c11-7-8-10(13-8)3-1-9(2-4-10)5-6-12-14-9/h6,8H,1-5H2. The van der Waals surface area contributed by atoms with Gasteiger partial charge in [0.2, 0.25) is 0 Å². The third-order valence-corrected chi connectivity index (χ3v) is 3.68. The van der Waals surface area contributed by atoms with Crippen LogP contribution in [0.4, 0.5) is 0 Å². The van der Waals surface area contributed by atoms with E-state index in [1.165, 1.54) is 0 Å². The molecule has 1 unspecified atom stereocenters. The monoisotopic (exact) mass is 192 g/mol. The summed E-state index contributed by atoms with van der Waals surface area (Å²) >= 11 is 0. The van der Waals surface area contributed by atoms with Crippen LogP contribution in [0.5, 0.6) is 0 Å². The first-order chi connectivity index (χ1) is 6.79. The number of epoxide rings is 1. The molecule has 2 fully saturated rings. The van der Waals surface area contributed by atoms with E-state index in [-0.39, 0.29) is 17.3 Å². The lowest BCUT2D eigenvalue weighted by atomic mass is 9.76. The third-order valence-electron chi connectivity index (χ3n) is 3.68. The van der Waals surface area contributed by atoms with Gasteiger partial charge >= 0.3 is 0 Å². The largest absolute Gasteiger partial charge is 0.389 e. The highest BCUT2D eigenvalue weighted by Crippen LogP contribution is 2.52. The van der Waals surface area contributed by atoms with Crippen molar-refractivity contribution >= 4 is 6.21 Å². The highest BCUT2D eigenvalue weighted by atomic mass is 16.7. The maximum atomic E-state index is 8.75. The van der Waals surface area contributed by atoms with Gasteiger partial charge in [-0.25, -0.2) is 0 Å². The van der Waals surface area contributed by atoms with Crippen LogP contribution in [0.3, 0.4) is 0 Å². The van der Waals surface area contributed by atoms with Crippen LogP contribution in [0.25, 0.3) is 0 Å². The number of nitriles is 1. The van der Waals surface area contributed by atoms with Crippen molar-refractivity contribution in [2.45, 2.75) is 49.4 Å². The van der Waals surface area contributed by atoms with Crippen molar-refractivity contribution in [3.8, 4) is 6.07 Å². The zero-order valence-corrected chi connectivity index (χ0v) is 7.90. The lowest BCUT2D eigenvalue weighted by Crippen LogP contribution is -2.37. The number of rotatable bonds is 0. The second kappa shape index (κ2) is 2.48. The van der Waals surface area contributed by atoms with Crippen LogP contribution < -0.4 is 0 Å². The molecule has 1 saturated carbocycles. The van der Waals surface area contributed by atoms with Gasteiger partial charge < -0.3 is 9.57 Å². The molecule has 0 N–H and O–H groups in total. The van der Waals surface area contributed by atoms with Crippen LogP contribution in [0.1, 0.15) is 32.1 Å². The van der Waals surface area contributed by atoms with Gasteiger partial charge in [0.25, 0.3) is 0 Å². The first-order valence-electron chi connectivity index (χ1n) is 5.06. The van der Waals surface area contributed by atoms with E-state index in [4.69, 9.17) is 14.8 Å². The second-order valence-electron chi connectivity index (χ2n) is 4.46. The molecule has 1 saturated heterocycles. The Hall–Kier alpha value is -1.08. The van der Waals surface area contributed by atoms with Gasteiger partial charge in [-0.05, 0) is 25.7 Å². The molecule has 1 atom stereocenters. The molecule has 3 aliphatic rings. The molecule has 0 aromatic heterocycles.